The van der Waals surface area contributed by atoms with Crippen LogP contribution in [-0.2, 0) is 6.42 Å². The Morgan fingerprint density at radius 2 is 2.27 bits per heavy atom. The highest BCUT2D eigenvalue weighted by Gasteiger charge is 1.94. The average molecular weight is 203 g/mol. The fraction of sp³-hybridized carbons (Fsp3) is 0.385. The van der Waals surface area contributed by atoms with E-state index in [1.54, 1.807) is 7.11 Å². The summed E-state index contributed by atoms with van der Waals surface area (Å²) in [5, 5.41) is 3.26. The lowest BCUT2D eigenvalue weighted by Gasteiger charge is -2.04. The van der Waals surface area contributed by atoms with E-state index in [2.05, 4.69) is 29.3 Å². The molecule has 15 heavy (non-hydrogen) atoms. The molecule has 0 unspecified atom stereocenters. The maximum absolute atomic E-state index is 5.16. The molecule has 0 bridgehead atoms. The maximum Gasteiger partial charge on any atom is 0.119 e. The molecule has 0 aliphatic carbocycles. The lowest BCUT2D eigenvalue weighted by Crippen LogP contribution is -2.17. The van der Waals surface area contributed by atoms with E-state index in [4.69, 9.17) is 4.74 Å². The van der Waals surface area contributed by atoms with Crippen LogP contribution < -0.4 is 10.1 Å². The third kappa shape index (κ3) is 4.53. The van der Waals surface area contributed by atoms with E-state index in [0.717, 1.165) is 25.3 Å². The molecule has 80 valence electrons. The predicted octanol–water partition coefficient (Wildman–Crippen LogP) is 1.85. The first-order chi connectivity index (χ1) is 7.36. The first-order valence-electron chi connectivity index (χ1n) is 5.10. The van der Waals surface area contributed by atoms with Gasteiger partial charge in [0.05, 0.1) is 13.7 Å². The van der Waals surface area contributed by atoms with Gasteiger partial charge in [-0.25, -0.2) is 0 Å². The van der Waals surface area contributed by atoms with Crippen molar-refractivity contribution in [2.45, 2.75) is 13.3 Å². The summed E-state index contributed by atoms with van der Waals surface area (Å²) in [5.74, 6) is 6.74. The van der Waals surface area contributed by atoms with Crippen molar-refractivity contribution in [2.24, 2.45) is 0 Å². The zero-order chi connectivity index (χ0) is 10.9. The minimum absolute atomic E-state index is 0.764. The Morgan fingerprint density at radius 3 is 3.00 bits per heavy atom. The van der Waals surface area contributed by atoms with Crippen molar-refractivity contribution in [1.82, 2.24) is 5.32 Å². The molecule has 0 atom stereocenters. The molecule has 0 amide bonds. The van der Waals surface area contributed by atoms with Gasteiger partial charge in [-0.05, 0) is 31.0 Å². The van der Waals surface area contributed by atoms with E-state index in [1.807, 2.05) is 19.1 Å². The van der Waals surface area contributed by atoms with Gasteiger partial charge in [0, 0.05) is 6.54 Å². The standard InChI is InChI=1S/C13H17NO/c1-3-4-9-14-10-8-12-6-5-7-13(11-12)15-2/h5-7,11,14H,8-10H2,1-2H3. The van der Waals surface area contributed by atoms with Crippen molar-refractivity contribution < 1.29 is 4.74 Å². The number of hydrogen-bond donors (Lipinski definition) is 1. The Balaban J connectivity index is 2.32. The van der Waals surface area contributed by atoms with Crippen molar-refractivity contribution >= 4 is 0 Å². The Kier molecular flexibility index (Phi) is 5.35. The molecule has 0 saturated heterocycles. The number of rotatable bonds is 5. The fourth-order valence-electron chi connectivity index (χ4n) is 1.30. The van der Waals surface area contributed by atoms with Gasteiger partial charge >= 0.3 is 0 Å². The summed E-state index contributed by atoms with van der Waals surface area (Å²) in [7, 11) is 1.69. The highest BCUT2D eigenvalue weighted by atomic mass is 16.5. The lowest BCUT2D eigenvalue weighted by molar-refractivity contribution is 0.414. The topological polar surface area (TPSA) is 21.3 Å². The molecule has 1 N–H and O–H groups in total. The van der Waals surface area contributed by atoms with Crippen molar-refractivity contribution in [3.8, 4) is 17.6 Å². The Labute approximate surface area is 91.6 Å². The Hall–Kier alpha value is -1.46. The molecule has 1 rings (SSSR count). The molecule has 0 aliphatic heterocycles. The largest absolute Gasteiger partial charge is 0.497 e. The normalized spacial score (nSPS) is 9.20. The molecule has 2 nitrogen and oxygen atoms in total. The van der Waals surface area contributed by atoms with Crippen molar-refractivity contribution in [1.29, 1.82) is 0 Å². The SMILES string of the molecule is CC#CCNCCc1cccc(OC)c1. The zero-order valence-corrected chi connectivity index (χ0v) is 9.34. The molecule has 1 aromatic rings. The number of methoxy groups -OCH3 is 1. The van der Waals surface area contributed by atoms with Crippen LogP contribution in [0.25, 0.3) is 0 Å². The van der Waals surface area contributed by atoms with Crippen LogP contribution in [0.15, 0.2) is 24.3 Å². The van der Waals surface area contributed by atoms with Crippen LogP contribution in [0.2, 0.25) is 0 Å². The van der Waals surface area contributed by atoms with Gasteiger partial charge < -0.3 is 10.1 Å². The van der Waals surface area contributed by atoms with Gasteiger partial charge in [0.2, 0.25) is 0 Å². The van der Waals surface area contributed by atoms with Crippen LogP contribution in [0.1, 0.15) is 12.5 Å². The van der Waals surface area contributed by atoms with Gasteiger partial charge in [-0.2, -0.15) is 0 Å². The predicted molar refractivity (Wildman–Crippen MR) is 63.0 cm³/mol. The molecule has 0 fully saturated rings. The number of benzene rings is 1. The van der Waals surface area contributed by atoms with Crippen LogP contribution in [0.3, 0.4) is 0 Å². The van der Waals surface area contributed by atoms with E-state index >= 15 is 0 Å². The summed E-state index contributed by atoms with van der Waals surface area (Å²) in [4.78, 5) is 0. The highest BCUT2D eigenvalue weighted by Crippen LogP contribution is 2.12. The Bertz CT molecular complexity index is 349. The van der Waals surface area contributed by atoms with E-state index < -0.39 is 0 Å². The van der Waals surface area contributed by atoms with Gasteiger partial charge in [0.15, 0.2) is 0 Å². The number of nitrogens with one attached hydrogen (secondary N) is 1. The van der Waals surface area contributed by atoms with Gasteiger partial charge in [-0.1, -0.05) is 18.1 Å². The van der Waals surface area contributed by atoms with Gasteiger partial charge in [0.25, 0.3) is 0 Å². The zero-order valence-electron chi connectivity index (χ0n) is 9.34. The summed E-state index contributed by atoms with van der Waals surface area (Å²) < 4.78 is 5.16. The summed E-state index contributed by atoms with van der Waals surface area (Å²) in [6.45, 7) is 3.56. The number of hydrogen-bond acceptors (Lipinski definition) is 2. The molecule has 0 spiro atoms. The van der Waals surface area contributed by atoms with E-state index in [-0.39, 0.29) is 0 Å². The highest BCUT2D eigenvalue weighted by molar-refractivity contribution is 5.28. The number of ether oxygens (including phenoxy) is 1. The molecule has 0 radical (unpaired) electrons. The second-order valence-electron chi connectivity index (χ2n) is 3.21. The molecular weight excluding hydrogens is 186 g/mol. The quantitative estimate of drug-likeness (QED) is 0.582. The van der Waals surface area contributed by atoms with Crippen LogP contribution in [-0.4, -0.2) is 20.2 Å². The molecular formula is C13H17NO. The van der Waals surface area contributed by atoms with Crippen molar-refractivity contribution in [3.63, 3.8) is 0 Å². The molecule has 0 aliphatic rings. The maximum atomic E-state index is 5.16. The van der Waals surface area contributed by atoms with E-state index in [0.29, 0.717) is 0 Å². The average Bonchev–Trinajstić information content (AvgIpc) is 2.29. The van der Waals surface area contributed by atoms with Gasteiger partial charge in [0.1, 0.15) is 5.75 Å². The smallest absolute Gasteiger partial charge is 0.119 e. The van der Waals surface area contributed by atoms with Crippen LogP contribution in [0.5, 0.6) is 5.75 Å². The summed E-state index contributed by atoms with van der Waals surface area (Å²) in [6.07, 6.45) is 1.00. The minimum Gasteiger partial charge on any atom is -0.497 e. The van der Waals surface area contributed by atoms with Crippen LogP contribution in [0, 0.1) is 11.8 Å². The minimum atomic E-state index is 0.764. The third-order valence-electron chi connectivity index (χ3n) is 2.11. The molecule has 1 aromatic carbocycles. The van der Waals surface area contributed by atoms with Crippen molar-refractivity contribution in [3.05, 3.63) is 29.8 Å². The monoisotopic (exact) mass is 203 g/mol. The fourth-order valence-corrected chi connectivity index (χ4v) is 1.30. The summed E-state index contributed by atoms with van der Waals surface area (Å²) >= 11 is 0. The molecule has 0 saturated carbocycles. The second-order valence-corrected chi connectivity index (χ2v) is 3.21. The van der Waals surface area contributed by atoms with Crippen LogP contribution >= 0.6 is 0 Å². The second kappa shape index (κ2) is 6.92. The van der Waals surface area contributed by atoms with E-state index in [9.17, 15) is 0 Å². The van der Waals surface area contributed by atoms with Gasteiger partial charge in [-0.15, -0.1) is 5.92 Å². The van der Waals surface area contributed by atoms with Crippen molar-refractivity contribution in [2.75, 3.05) is 20.2 Å². The molecule has 0 aromatic heterocycles. The lowest BCUT2D eigenvalue weighted by atomic mass is 10.1. The third-order valence-corrected chi connectivity index (χ3v) is 2.11. The first kappa shape index (κ1) is 11.6. The summed E-state index contributed by atoms with van der Waals surface area (Å²) in [6, 6.07) is 8.14. The van der Waals surface area contributed by atoms with Crippen LogP contribution in [0.4, 0.5) is 0 Å². The molecule has 2 heteroatoms. The van der Waals surface area contributed by atoms with E-state index in [1.165, 1.54) is 5.56 Å². The summed E-state index contributed by atoms with van der Waals surface area (Å²) in [5.41, 5.74) is 1.28. The Morgan fingerprint density at radius 1 is 1.40 bits per heavy atom. The molecule has 0 heterocycles. The first-order valence-corrected chi connectivity index (χ1v) is 5.10. The van der Waals surface area contributed by atoms with Gasteiger partial charge in [-0.3, -0.25) is 0 Å².